The molecule has 0 amide bonds. The number of hydrogen-bond acceptors (Lipinski definition) is 1. The van der Waals surface area contributed by atoms with E-state index in [1.54, 1.807) is 0 Å². The summed E-state index contributed by atoms with van der Waals surface area (Å²) in [4.78, 5) is 0. The number of nitrogen functional groups attached to an aromatic ring is 1. The number of rotatable bonds is 0. The molecule has 0 atom stereocenters. The van der Waals surface area contributed by atoms with Crippen molar-refractivity contribution in [3.63, 3.8) is 0 Å². The van der Waals surface area contributed by atoms with Gasteiger partial charge >= 0.3 is 0 Å². The van der Waals surface area contributed by atoms with Crippen LogP contribution in [0.1, 0.15) is 5.56 Å². The van der Waals surface area contributed by atoms with Crippen molar-refractivity contribution in [3.05, 3.63) is 40.9 Å². The Kier molecular flexibility index (Phi) is 1.89. The van der Waals surface area contributed by atoms with E-state index >= 15 is 0 Å². The van der Waals surface area contributed by atoms with Crippen LogP contribution in [0.15, 0.2) is 30.3 Å². The number of fused-ring (bicyclic) bond motifs is 1. The molecule has 1 nitrogen and oxygen atoms in total. The van der Waals surface area contributed by atoms with Crippen LogP contribution in [-0.4, -0.2) is 0 Å². The van der Waals surface area contributed by atoms with Crippen molar-refractivity contribution in [2.24, 2.45) is 0 Å². The second-order valence-electron chi connectivity index (χ2n) is 3.14. The quantitative estimate of drug-likeness (QED) is 0.635. The molecule has 2 N–H and O–H groups in total. The zero-order chi connectivity index (χ0) is 9.42. The number of hydrogen-bond donors (Lipinski definition) is 1. The summed E-state index contributed by atoms with van der Waals surface area (Å²) >= 11 is 6.15. The molecule has 0 saturated carbocycles. The third-order valence-electron chi connectivity index (χ3n) is 2.21. The highest BCUT2D eigenvalue weighted by Gasteiger charge is 2.04. The van der Waals surface area contributed by atoms with Crippen molar-refractivity contribution in [3.8, 4) is 0 Å². The molecule has 0 saturated heterocycles. The van der Waals surface area contributed by atoms with Crippen LogP contribution < -0.4 is 5.73 Å². The van der Waals surface area contributed by atoms with Gasteiger partial charge in [-0.1, -0.05) is 35.9 Å². The Hall–Kier alpha value is -1.21. The van der Waals surface area contributed by atoms with Gasteiger partial charge in [0.15, 0.2) is 0 Å². The average molecular weight is 192 g/mol. The Balaban J connectivity index is 2.97. The number of anilines is 1. The second kappa shape index (κ2) is 2.93. The highest BCUT2D eigenvalue weighted by molar-refractivity contribution is 6.37. The fourth-order valence-electron chi connectivity index (χ4n) is 1.47. The van der Waals surface area contributed by atoms with E-state index in [9.17, 15) is 0 Å². The van der Waals surface area contributed by atoms with Crippen LogP contribution >= 0.6 is 11.6 Å². The molecule has 0 fully saturated rings. The van der Waals surface area contributed by atoms with Gasteiger partial charge in [0.05, 0.1) is 5.02 Å². The lowest BCUT2D eigenvalue weighted by Crippen LogP contribution is -1.88. The van der Waals surface area contributed by atoms with Gasteiger partial charge in [-0.2, -0.15) is 0 Å². The van der Waals surface area contributed by atoms with E-state index in [0.717, 1.165) is 27.0 Å². The molecule has 2 aromatic rings. The highest BCUT2D eigenvalue weighted by Crippen LogP contribution is 2.30. The number of aryl methyl sites for hydroxylation is 1. The first-order valence-corrected chi connectivity index (χ1v) is 4.51. The molecule has 66 valence electrons. The maximum absolute atomic E-state index is 6.15. The van der Waals surface area contributed by atoms with Gasteiger partial charge in [0, 0.05) is 11.1 Å². The molecule has 0 aromatic heterocycles. The first-order valence-electron chi connectivity index (χ1n) is 4.13. The standard InChI is InChI=1S/C11H10ClN/c1-7-5-6-8-3-2-4-9(13)10(8)11(7)12/h2-6H,13H2,1H3. The first-order chi connectivity index (χ1) is 6.20. The Morgan fingerprint density at radius 3 is 2.69 bits per heavy atom. The number of halogens is 1. The van der Waals surface area contributed by atoms with Crippen molar-refractivity contribution in [2.75, 3.05) is 5.73 Å². The summed E-state index contributed by atoms with van der Waals surface area (Å²) in [7, 11) is 0. The summed E-state index contributed by atoms with van der Waals surface area (Å²) in [5.41, 5.74) is 7.65. The summed E-state index contributed by atoms with van der Waals surface area (Å²) in [6.07, 6.45) is 0. The number of benzene rings is 2. The molecule has 0 aliphatic carbocycles. The van der Waals surface area contributed by atoms with E-state index in [4.69, 9.17) is 17.3 Å². The Labute approximate surface area is 82.1 Å². The Morgan fingerprint density at radius 2 is 1.92 bits per heavy atom. The van der Waals surface area contributed by atoms with Gasteiger partial charge in [-0.05, 0) is 23.9 Å². The Morgan fingerprint density at radius 1 is 1.15 bits per heavy atom. The topological polar surface area (TPSA) is 26.0 Å². The van der Waals surface area contributed by atoms with E-state index in [0.29, 0.717) is 0 Å². The van der Waals surface area contributed by atoms with Gasteiger partial charge < -0.3 is 5.73 Å². The monoisotopic (exact) mass is 191 g/mol. The van der Waals surface area contributed by atoms with Crippen LogP contribution in [0, 0.1) is 6.92 Å². The second-order valence-corrected chi connectivity index (χ2v) is 3.52. The minimum Gasteiger partial charge on any atom is -0.398 e. The zero-order valence-corrected chi connectivity index (χ0v) is 8.10. The van der Waals surface area contributed by atoms with Crippen molar-refractivity contribution >= 4 is 28.1 Å². The summed E-state index contributed by atoms with van der Waals surface area (Å²) < 4.78 is 0. The lowest BCUT2D eigenvalue weighted by atomic mass is 10.1. The molecule has 0 heterocycles. The van der Waals surface area contributed by atoms with E-state index < -0.39 is 0 Å². The molecule has 0 aliphatic rings. The Bertz CT molecular complexity index is 463. The summed E-state index contributed by atoms with van der Waals surface area (Å²) in [5, 5.41) is 2.82. The van der Waals surface area contributed by atoms with Crippen LogP contribution in [-0.2, 0) is 0 Å². The molecule has 2 heteroatoms. The molecule has 0 unspecified atom stereocenters. The minimum atomic E-state index is 0.742. The first kappa shape index (κ1) is 8.39. The lowest BCUT2D eigenvalue weighted by Gasteiger charge is -2.05. The third kappa shape index (κ3) is 1.25. The van der Waals surface area contributed by atoms with Gasteiger partial charge in [0.1, 0.15) is 0 Å². The third-order valence-corrected chi connectivity index (χ3v) is 2.69. The van der Waals surface area contributed by atoms with E-state index in [2.05, 4.69) is 0 Å². The molecule has 0 spiro atoms. The smallest absolute Gasteiger partial charge is 0.0534 e. The normalized spacial score (nSPS) is 10.6. The molecule has 0 bridgehead atoms. The summed E-state index contributed by atoms with van der Waals surface area (Å²) in [5.74, 6) is 0. The van der Waals surface area contributed by atoms with Crippen molar-refractivity contribution < 1.29 is 0 Å². The molecular weight excluding hydrogens is 182 g/mol. The van der Waals surface area contributed by atoms with Crippen LogP contribution in [0.2, 0.25) is 5.02 Å². The van der Waals surface area contributed by atoms with Gasteiger partial charge in [0.2, 0.25) is 0 Å². The average Bonchev–Trinajstić information content (AvgIpc) is 2.12. The summed E-state index contributed by atoms with van der Waals surface area (Å²) in [6.45, 7) is 1.98. The van der Waals surface area contributed by atoms with Crippen LogP contribution in [0.4, 0.5) is 5.69 Å². The SMILES string of the molecule is Cc1ccc2cccc(N)c2c1Cl. The van der Waals surface area contributed by atoms with Crippen LogP contribution in [0.25, 0.3) is 10.8 Å². The van der Waals surface area contributed by atoms with Gasteiger partial charge in [-0.25, -0.2) is 0 Å². The predicted octanol–water partition coefficient (Wildman–Crippen LogP) is 3.38. The van der Waals surface area contributed by atoms with Crippen LogP contribution in [0.5, 0.6) is 0 Å². The molecule has 0 aliphatic heterocycles. The van der Waals surface area contributed by atoms with E-state index in [1.807, 2.05) is 37.3 Å². The van der Waals surface area contributed by atoms with Gasteiger partial charge in [-0.3, -0.25) is 0 Å². The fraction of sp³-hybridized carbons (Fsp3) is 0.0909. The van der Waals surface area contributed by atoms with Crippen molar-refractivity contribution in [1.29, 1.82) is 0 Å². The molecular formula is C11H10ClN. The summed E-state index contributed by atoms with van der Waals surface area (Å²) in [6, 6.07) is 9.85. The highest BCUT2D eigenvalue weighted by atomic mass is 35.5. The van der Waals surface area contributed by atoms with Crippen LogP contribution in [0.3, 0.4) is 0 Å². The molecule has 0 radical (unpaired) electrons. The zero-order valence-electron chi connectivity index (χ0n) is 7.34. The lowest BCUT2D eigenvalue weighted by molar-refractivity contribution is 1.50. The largest absolute Gasteiger partial charge is 0.398 e. The maximum atomic E-state index is 6.15. The van der Waals surface area contributed by atoms with Gasteiger partial charge in [0.25, 0.3) is 0 Å². The number of nitrogens with two attached hydrogens (primary N) is 1. The van der Waals surface area contributed by atoms with Crippen molar-refractivity contribution in [2.45, 2.75) is 6.92 Å². The molecule has 2 aromatic carbocycles. The minimum absolute atomic E-state index is 0.742. The molecule has 13 heavy (non-hydrogen) atoms. The predicted molar refractivity (Wildman–Crippen MR) is 58.1 cm³/mol. The van der Waals surface area contributed by atoms with E-state index in [1.165, 1.54) is 0 Å². The molecule has 2 rings (SSSR count). The van der Waals surface area contributed by atoms with Gasteiger partial charge in [-0.15, -0.1) is 0 Å². The van der Waals surface area contributed by atoms with E-state index in [-0.39, 0.29) is 0 Å². The fourth-order valence-corrected chi connectivity index (χ4v) is 1.75. The maximum Gasteiger partial charge on any atom is 0.0534 e. The van der Waals surface area contributed by atoms with Crippen molar-refractivity contribution in [1.82, 2.24) is 0 Å².